The number of rotatable bonds is 3. The zero-order valence-electron chi connectivity index (χ0n) is 7.63. The molecular formula is C7H15N3O2. The van der Waals surface area contributed by atoms with Crippen molar-refractivity contribution in [2.24, 2.45) is 5.73 Å². The maximum absolute atomic E-state index is 10.9. The summed E-state index contributed by atoms with van der Waals surface area (Å²) >= 11 is 0. The van der Waals surface area contributed by atoms with Crippen molar-refractivity contribution in [3.63, 3.8) is 0 Å². The van der Waals surface area contributed by atoms with Gasteiger partial charge in [0.05, 0.1) is 12.6 Å². The molecule has 0 spiro atoms. The van der Waals surface area contributed by atoms with Crippen molar-refractivity contribution in [2.45, 2.75) is 13.0 Å². The molecule has 0 aromatic heterocycles. The Morgan fingerprint density at radius 1 is 1.50 bits per heavy atom. The fourth-order valence-corrected chi connectivity index (χ4v) is 0.482. The first-order valence-corrected chi connectivity index (χ1v) is 3.68. The van der Waals surface area contributed by atoms with Crippen molar-refractivity contribution in [3.8, 4) is 0 Å². The molecule has 0 saturated carbocycles. The highest BCUT2D eigenvalue weighted by Crippen LogP contribution is 1.78. The van der Waals surface area contributed by atoms with Crippen LogP contribution in [0.4, 0.5) is 0 Å². The monoisotopic (exact) mass is 173 g/mol. The van der Waals surface area contributed by atoms with Crippen LogP contribution in [0.3, 0.4) is 0 Å². The van der Waals surface area contributed by atoms with Gasteiger partial charge in [0.15, 0.2) is 0 Å². The molecule has 0 heterocycles. The van der Waals surface area contributed by atoms with Crippen LogP contribution in [0.25, 0.3) is 0 Å². The number of hydrogen-bond acceptors (Lipinski definition) is 3. The van der Waals surface area contributed by atoms with Gasteiger partial charge in [0.25, 0.3) is 0 Å². The summed E-state index contributed by atoms with van der Waals surface area (Å²) in [6, 6.07) is -0.569. The SMILES string of the molecule is C[C@H](N)C(=O)NCC(=O)N(C)C. The Hall–Kier alpha value is -1.10. The average molecular weight is 173 g/mol. The van der Waals surface area contributed by atoms with E-state index in [9.17, 15) is 9.59 Å². The lowest BCUT2D eigenvalue weighted by atomic mass is 10.3. The molecule has 5 heteroatoms. The van der Waals surface area contributed by atoms with Crippen molar-refractivity contribution in [3.05, 3.63) is 0 Å². The van der Waals surface area contributed by atoms with Crippen molar-refractivity contribution < 1.29 is 9.59 Å². The number of nitrogens with two attached hydrogens (primary N) is 1. The molecule has 70 valence electrons. The van der Waals surface area contributed by atoms with Gasteiger partial charge in [-0.05, 0) is 6.92 Å². The number of amides is 2. The van der Waals surface area contributed by atoms with E-state index in [2.05, 4.69) is 5.32 Å². The molecule has 0 rings (SSSR count). The topological polar surface area (TPSA) is 75.4 Å². The molecule has 12 heavy (non-hydrogen) atoms. The van der Waals surface area contributed by atoms with E-state index in [0.29, 0.717) is 0 Å². The first-order valence-electron chi connectivity index (χ1n) is 3.68. The summed E-state index contributed by atoms with van der Waals surface area (Å²) < 4.78 is 0. The Bertz CT molecular complexity index is 157. The van der Waals surface area contributed by atoms with Gasteiger partial charge < -0.3 is 16.0 Å². The summed E-state index contributed by atoms with van der Waals surface area (Å²) in [6.07, 6.45) is 0. The van der Waals surface area contributed by atoms with Crippen LogP contribution in [0.15, 0.2) is 0 Å². The number of nitrogens with one attached hydrogen (secondary N) is 1. The van der Waals surface area contributed by atoms with Crippen LogP contribution < -0.4 is 11.1 Å². The van der Waals surface area contributed by atoms with Gasteiger partial charge in [-0.1, -0.05) is 0 Å². The quantitative estimate of drug-likeness (QED) is 0.547. The van der Waals surface area contributed by atoms with E-state index < -0.39 is 6.04 Å². The Kier molecular flexibility index (Phi) is 4.28. The standard InChI is InChI=1S/C7H15N3O2/c1-5(8)7(12)9-4-6(11)10(2)3/h5H,4,8H2,1-3H3,(H,9,12)/t5-/m0/s1. The van der Waals surface area contributed by atoms with Crippen LogP contribution in [0, 0.1) is 0 Å². The van der Waals surface area contributed by atoms with Gasteiger partial charge in [-0.15, -0.1) is 0 Å². The predicted octanol–water partition coefficient (Wildman–Crippen LogP) is -1.46. The van der Waals surface area contributed by atoms with Gasteiger partial charge in [-0.2, -0.15) is 0 Å². The average Bonchev–Trinajstić information content (AvgIpc) is 1.98. The highest BCUT2D eigenvalue weighted by molar-refractivity contribution is 5.86. The van der Waals surface area contributed by atoms with E-state index in [-0.39, 0.29) is 18.4 Å². The van der Waals surface area contributed by atoms with Gasteiger partial charge in [0.1, 0.15) is 0 Å². The molecule has 0 bridgehead atoms. The summed E-state index contributed by atoms with van der Waals surface area (Å²) in [5, 5.41) is 2.41. The summed E-state index contributed by atoms with van der Waals surface area (Å²) in [5.41, 5.74) is 5.26. The Morgan fingerprint density at radius 2 is 2.00 bits per heavy atom. The van der Waals surface area contributed by atoms with Crippen LogP contribution in [-0.4, -0.2) is 43.4 Å². The molecule has 0 aliphatic rings. The molecule has 0 aliphatic heterocycles. The number of carbonyl (C=O) groups is 2. The van der Waals surface area contributed by atoms with Gasteiger partial charge in [-0.3, -0.25) is 9.59 Å². The van der Waals surface area contributed by atoms with E-state index in [0.717, 1.165) is 0 Å². The Morgan fingerprint density at radius 3 is 2.33 bits per heavy atom. The second kappa shape index (κ2) is 4.71. The van der Waals surface area contributed by atoms with Crippen molar-refractivity contribution in [2.75, 3.05) is 20.6 Å². The molecule has 1 atom stereocenters. The number of nitrogens with zero attached hydrogens (tertiary/aromatic N) is 1. The molecule has 0 saturated heterocycles. The lowest BCUT2D eigenvalue weighted by Crippen LogP contribution is -2.43. The number of hydrogen-bond donors (Lipinski definition) is 2. The van der Waals surface area contributed by atoms with Crippen LogP contribution in [0.1, 0.15) is 6.92 Å². The molecule has 0 aliphatic carbocycles. The minimum Gasteiger partial charge on any atom is -0.347 e. The molecule has 3 N–H and O–H groups in total. The maximum atomic E-state index is 10.9. The fraction of sp³-hybridized carbons (Fsp3) is 0.714. The zero-order valence-corrected chi connectivity index (χ0v) is 7.63. The molecule has 5 nitrogen and oxygen atoms in total. The highest BCUT2D eigenvalue weighted by Gasteiger charge is 2.09. The molecule has 0 aromatic carbocycles. The van der Waals surface area contributed by atoms with Crippen LogP contribution in [0.2, 0.25) is 0 Å². The second-order valence-electron chi connectivity index (χ2n) is 2.79. The van der Waals surface area contributed by atoms with E-state index in [1.807, 2.05) is 0 Å². The molecule has 0 unspecified atom stereocenters. The van der Waals surface area contributed by atoms with E-state index in [1.165, 1.54) is 4.90 Å². The third kappa shape index (κ3) is 3.92. The maximum Gasteiger partial charge on any atom is 0.241 e. The third-order valence-electron chi connectivity index (χ3n) is 1.33. The molecular weight excluding hydrogens is 158 g/mol. The van der Waals surface area contributed by atoms with Crippen molar-refractivity contribution in [1.29, 1.82) is 0 Å². The lowest BCUT2D eigenvalue weighted by Gasteiger charge is -2.11. The molecule has 0 fully saturated rings. The smallest absolute Gasteiger partial charge is 0.241 e. The first kappa shape index (κ1) is 10.9. The molecule has 0 aromatic rings. The summed E-state index contributed by atoms with van der Waals surface area (Å²) in [5.74, 6) is -0.464. The lowest BCUT2D eigenvalue weighted by molar-refractivity contribution is -0.131. The van der Waals surface area contributed by atoms with E-state index in [1.54, 1.807) is 21.0 Å². The first-order chi connectivity index (χ1) is 5.45. The number of carbonyl (C=O) groups excluding carboxylic acids is 2. The normalized spacial score (nSPS) is 12.0. The van der Waals surface area contributed by atoms with E-state index >= 15 is 0 Å². The zero-order chi connectivity index (χ0) is 9.72. The minimum absolute atomic E-state index is 0.00731. The summed E-state index contributed by atoms with van der Waals surface area (Å²) in [6.45, 7) is 1.57. The van der Waals surface area contributed by atoms with Crippen LogP contribution in [-0.2, 0) is 9.59 Å². The van der Waals surface area contributed by atoms with Crippen LogP contribution in [0.5, 0.6) is 0 Å². The van der Waals surface area contributed by atoms with Gasteiger partial charge >= 0.3 is 0 Å². The molecule has 2 amide bonds. The van der Waals surface area contributed by atoms with Crippen LogP contribution >= 0.6 is 0 Å². The Balaban J connectivity index is 3.69. The van der Waals surface area contributed by atoms with Crippen molar-refractivity contribution in [1.82, 2.24) is 10.2 Å². The largest absolute Gasteiger partial charge is 0.347 e. The highest BCUT2D eigenvalue weighted by atomic mass is 16.2. The summed E-state index contributed by atoms with van der Waals surface area (Å²) in [7, 11) is 3.25. The second-order valence-corrected chi connectivity index (χ2v) is 2.79. The van der Waals surface area contributed by atoms with Gasteiger partial charge in [0.2, 0.25) is 11.8 Å². The van der Waals surface area contributed by atoms with Gasteiger partial charge in [-0.25, -0.2) is 0 Å². The van der Waals surface area contributed by atoms with Gasteiger partial charge in [0, 0.05) is 14.1 Å². The Labute approximate surface area is 71.9 Å². The summed E-state index contributed by atoms with van der Waals surface area (Å²) in [4.78, 5) is 23.2. The van der Waals surface area contributed by atoms with Crippen molar-refractivity contribution >= 4 is 11.8 Å². The fourth-order valence-electron chi connectivity index (χ4n) is 0.482. The van der Waals surface area contributed by atoms with E-state index in [4.69, 9.17) is 5.73 Å². The third-order valence-corrected chi connectivity index (χ3v) is 1.33. The minimum atomic E-state index is -0.569. The predicted molar refractivity (Wildman–Crippen MR) is 45.4 cm³/mol. The number of likely N-dealkylation sites (N-methyl/N-ethyl adjacent to an activating group) is 1. The molecule has 0 radical (unpaired) electrons.